The number of piperidine rings is 1. The number of carbonyl (C=O) groups is 4. The standard InChI is InChI=1S/C40H48ClN7O7/c1-39(2,3)54-32(49)14-10-13-30(24-11-8-7-9-12-24)44-34(50)25-15-16-29(41)31(22-25)45-35(51)28-21-26-23-42-37(47-33(26)46-36(28)52)48-19-17-27(18-20-48)43-38(53)55-40(4,5)6/h7-9,11-12,15-16,21-23,27,30H,10,13-14,17-20H2,1-6H3,(H,43,53)(H,44,50)(H,45,51)(H,42,46,47,52). The lowest BCUT2D eigenvalue weighted by Crippen LogP contribution is -2.46. The van der Waals surface area contributed by atoms with E-state index in [4.69, 9.17) is 21.1 Å². The molecule has 1 atom stereocenters. The Morgan fingerprint density at radius 1 is 0.945 bits per heavy atom. The van der Waals surface area contributed by atoms with E-state index in [-0.39, 0.29) is 45.9 Å². The van der Waals surface area contributed by atoms with Gasteiger partial charge >= 0.3 is 12.1 Å². The van der Waals surface area contributed by atoms with Crippen LogP contribution in [0.25, 0.3) is 11.0 Å². The van der Waals surface area contributed by atoms with Crippen LogP contribution >= 0.6 is 11.6 Å². The SMILES string of the molecule is CC(C)(C)OC(=O)CCCC(NC(=O)c1ccc(Cl)c(NC(=O)c2cc3cnc(N4CCC(NC(=O)OC(C)(C)C)CC4)nc3[nH]c2=O)c1)c1ccccc1. The van der Waals surface area contributed by atoms with Crippen LogP contribution in [-0.2, 0) is 14.3 Å². The Morgan fingerprint density at radius 2 is 1.64 bits per heavy atom. The topological polar surface area (TPSA) is 185 Å². The third-order valence-corrected chi connectivity index (χ3v) is 8.93. The van der Waals surface area contributed by atoms with Crippen LogP contribution in [0.5, 0.6) is 0 Å². The molecule has 55 heavy (non-hydrogen) atoms. The van der Waals surface area contributed by atoms with E-state index in [1.165, 1.54) is 30.5 Å². The molecule has 1 saturated heterocycles. The van der Waals surface area contributed by atoms with Gasteiger partial charge in [0.05, 0.1) is 16.8 Å². The van der Waals surface area contributed by atoms with Crippen LogP contribution in [-0.4, -0.2) is 69.2 Å². The Kier molecular flexibility index (Phi) is 12.8. The Bertz CT molecular complexity index is 2090. The van der Waals surface area contributed by atoms with Crippen molar-refractivity contribution in [2.45, 2.75) is 96.9 Å². The Morgan fingerprint density at radius 3 is 2.31 bits per heavy atom. The highest BCUT2D eigenvalue weighted by atomic mass is 35.5. The lowest BCUT2D eigenvalue weighted by molar-refractivity contribution is -0.154. The van der Waals surface area contributed by atoms with Gasteiger partial charge in [0.1, 0.15) is 22.4 Å². The smallest absolute Gasteiger partial charge is 0.407 e. The fourth-order valence-corrected chi connectivity index (χ4v) is 6.21. The number of hydrogen-bond donors (Lipinski definition) is 4. The molecule has 1 unspecified atom stereocenters. The number of fused-ring (bicyclic) bond motifs is 1. The molecule has 1 fully saturated rings. The average molecular weight is 774 g/mol. The van der Waals surface area contributed by atoms with E-state index >= 15 is 0 Å². The van der Waals surface area contributed by atoms with Gasteiger partial charge in [-0.05, 0) is 97.1 Å². The summed E-state index contributed by atoms with van der Waals surface area (Å²) in [4.78, 5) is 78.2. The van der Waals surface area contributed by atoms with Crippen molar-refractivity contribution >= 4 is 58.1 Å². The molecule has 4 aromatic rings. The zero-order valence-electron chi connectivity index (χ0n) is 32.0. The van der Waals surface area contributed by atoms with E-state index in [2.05, 4.69) is 30.9 Å². The number of H-pyrrole nitrogens is 1. The second-order valence-corrected chi connectivity index (χ2v) is 15.9. The summed E-state index contributed by atoms with van der Waals surface area (Å²) in [6.07, 6.45) is 3.55. The molecule has 14 nitrogen and oxygen atoms in total. The highest BCUT2D eigenvalue weighted by molar-refractivity contribution is 6.34. The van der Waals surface area contributed by atoms with Gasteiger partial charge in [-0.25, -0.2) is 9.78 Å². The molecular formula is C40H48ClN7O7. The number of amides is 3. The molecule has 1 aliphatic heterocycles. The molecule has 2 aromatic heterocycles. The quantitative estimate of drug-likeness (QED) is 0.120. The number of aromatic amines is 1. The summed E-state index contributed by atoms with van der Waals surface area (Å²) in [6, 6.07) is 14.8. The summed E-state index contributed by atoms with van der Waals surface area (Å²) >= 11 is 6.44. The number of pyridine rings is 1. The van der Waals surface area contributed by atoms with Crippen LogP contribution in [0, 0.1) is 0 Å². The zero-order chi connectivity index (χ0) is 39.9. The van der Waals surface area contributed by atoms with Crippen molar-refractivity contribution < 1.29 is 28.7 Å². The minimum absolute atomic E-state index is 0.0514. The summed E-state index contributed by atoms with van der Waals surface area (Å²) in [5, 5.41) is 9.20. The number of alkyl carbamates (subject to hydrolysis) is 1. The van der Waals surface area contributed by atoms with Crippen LogP contribution in [0.1, 0.15) is 106 Å². The lowest BCUT2D eigenvalue weighted by Gasteiger charge is -2.32. The highest BCUT2D eigenvalue weighted by Crippen LogP contribution is 2.26. The number of nitrogens with one attached hydrogen (secondary N) is 4. The van der Waals surface area contributed by atoms with Crippen LogP contribution in [0.15, 0.2) is 65.6 Å². The van der Waals surface area contributed by atoms with Gasteiger partial charge in [0.15, 0.2) is 0 Å². The second-order valence-electron chi connectivity index (χ2n) is 15.5. The number of halogens is 1. The average Bonchev–Trinajstić information content (AvgIpc) is 3.10. The Labute approximate surface area is 324 Å². The number of esters is 1. The van der Waals surface area contributed by atoms with Crippen molar-refractivity contribution in [3.63, 3.8) is 0 Å². The van der Waals surface area contributed by atoms with Gasteiger partial charge in [-0.1, -0.05) is 41.9 Å². The van der Waals surface area contributed by atoms with Crippen LogP contribution in [0.2, 0.25) is 5.02 Å². The van der Waals surface area contributed by atoms with Gasteiger partial charge in [0, 0.05) is 42.7 Å². The van der Waals surface area contributed by atoms with E-state index in [1.807, 2.05) is 76.8 Å². The molecule has 0 aliphatic carbocycles. The first-order valence-corrected chi connectivity index (χ1v) is 18.6. The summed E-state index contributed by atoms with van der Waals surface area (Å²) in [6.45, 7) is 12.0. The van der Waals surface area contributed by atoms with Crippen molar-refractivity contribution in [3.05, 3.63) is 92.9 Å². The van der Waals surface area contributed by atoms with Gasteiger partial charge < -0.3 is 35.3 Å². The third kappa shape index (κ3) is 11.7. The fraction of sp³-hybridized carbons (Fsp3) is 0.425. The van der Waals surface area contributed by atoms with Crippen molar-refractivity contribution in [3.8, 4) is 0 Å². The first-order valence-electron chi connectivity index (χ1n) is 18.3. The van der Waals surface area contributed by atoms with Crippen molar-refractivity contribution in [1.82, 2.24) is 25.6 Å². The number of hydrogen-bond acceptors (Lipinski definition) is 10. The number of rotatable bonds is 11. The van der Waals surface area contributed by atoms with Crippen LogP contribution in [0.3, 0.4) is 0 Å². The summed E-state index contributed by atoms with van der Waals surface area (Å²) in [5.74, 6) is -1.06. The van der Waals surface area contributed by atoms with Crippen molar-refractivity contribution in [1.29, 1.82) is 0 Å². The minimum atomic E-state index is -0.740. The van der Waals surface area contributed by atoms with E-state index in [9.17, 15) is 24.0 Å². The first-order chi connectivity index (χ1) is 25.9. The number of benzene rings is 2. The molecule has 1 aliphatic rings. The Hall–Kier alpha value is -5.50. The van der Waals surface area contributed by atoms with E-state index < -0.39 is 40.7 Å². The molecule has 0 saturated carbocycles. The van der Waals surface area contributed by atoms with Crippen LogP contribution in [0.4, 0.5) is 16.4 Å². The summed E-state index contributed by atoms with van der Waals surface area (Å²) in [7, 11) is 0. The normalized spacial score (nSPS) is 14.2. The third-order valence-electron chi connectivity index (χ3n) is 8.60. The van der Waals surface area contributed by atoms with Gasteiger partial charge in [0.2, 0.25) is 5.95 Å². The minimum Gasteiger partial charge on any atom is -0.460 e. The number of nitrogens with zero attached hydrogens (tertiary/aromatic N) is 3. The highest BCUT2D eigenvalue weighted by Gasteiger charge is 2.26. The molecule has 4 N–H and O–H groups in total. The molecular weight excluding hydrogens is 726 g/mol. The van der Waals surface area contributed by atoms with Gasteiger partial charge in [-0.2, -0.15) is 4.98 Å². The maximum Gasteiger partial charge on any atom is 0.407 e. The molecule has 3 amide bonds. The van der Waals surface area contributed by atoms with E-state index in [0.717, 1.165) is 5.56 Å². The Balaban J connectivity index is 1.23. The van der Waals surface area contributed by atoms with Crippen molar-refractivity contribution in [2.24, 2.45) is 0 Å². The monoisotopic (exact) mass is 773 g/mol. The first kappa shape index (κ1) is 40.7. The molecule has 15 heteroatoms. The molecule has 292 valence electrons. The van der Waals surface area contributed by atoms with Gasteiger partial charge in [-0.3, -0.25) is 19.2 Å². The predicted molar refractivity (Wildman–Crippen MR) is 211 cm³/mol. The van der Waals surface area contributed by atoms with Gasteiger partial charge in [0.25, 0.3) is 17.4 Å². The number of anilines is 2. The lowest BCUT2D eigenvalue weighted by atomic mass is 10.00. The second kappa shape index (κ2) is 17.3. The van der Waals surface area contributed by atoms with Crippen molar-refractivity contribution in [2.75, 3.05) is 23.3 Å². The summed E-state index contributed by atoms with van der Waals surface area (Å²) < 4.78 is 10.8. The largest absolute Gasteiger partial charge is 0.460 e. The molecule has 2 aromatic carbocycles. The van der Waals surface area contributed by atoms with Gasteiger partial charge in [-0.15, -0.1) is 0 Å². The maximum atomic E-state index is 13.5. The maximum absolute atomic E-state index is 13.5. The molecule has 0 bridgehead atoms. The molecule has 0 spiro atoms. The zero-order valence-corrected chi connectivity index (χ0v) is 32.7. The summed E-state index contributed by atoms with van der Waals surface area (Å²) in [5.41, 5.74) is -0.547. The molecule has 5 rings (SSSR count). The number of aromatic nitrogens is 3. The number of carbonyl (C=O) groups excluding carboxylic acids is 4. The van der Waals surface area contributed by atoms with E-state index in [0.29, 0.717) is 50.1 Å². The predicted octanol–water partition coefficient (Wildman–Crippen LogP) is 6.70. The van der Waals surface area contributed by atoms with Crippen LogP contribution < -0.4 is 26.4 Å². The van der Waals surface area contributed by atoms with E-state index in [1.54, 1.807) is 0 Å². The molecule has 0 radical (unpaired) electrons. The molecule has 3 heterocycles. The number of ether oxygens (including phenoxy) is 2. The fourth-order valence-electron chi connectivity index (χ4n) is 6.05.